The van der Waals surface area contributed by atoms with Crippen molar-refractivity contribution in [2.75, 3.05) is 58.2 Å². The van der Waals surface area contributed by atoms with Crippen LogP contribution < -0.4 is 25.4 Å². The highest BCUT2D eigenvalue weighted by Gasteiger charge is 2.30. The van der Waals surface area contributed by atoms with Crippen molar-refractivity contribution < 1.29 is 19.0 Å². The summed E-state index contributed by atoms with van der Waals surface area (Å²) in [4.78, 5) is 28.2. The zero-order chi connectivity index (χ0) is 27.7. The Bertz CT molecular complexity index is 1390. The van der Waals surface area contributed by atoms with Gasteiger partial charge in [0.1, 0.15) is 17.0 Å². The summed E-state index contributed by atoms with van der Waals surface area (Å²) >= 11 is 13.4. The number of carbonyl (C=O) groups is 1. The molecule has 2 atom stereocenters. The lowest BCUT2D eigenvalue weighted by molar-refractivity contribution is -0.117. The molecule has 0 aliphatic carbocycles. The fourth-order valence-electron chi connectivity index (χ4n) is 4.68. The second-order valence-corrected chi connectivity index (χ2v) is 10.2. The van der Waals surface area contributed by atoms with Gasteiger partial charge in [-0.2, -0.15) is 0 Å². The Morgan fingerprint density at radius 2 is 1.79 bits per heavy atom. The molecule has 0 radical (unpaired) electrons. The fourth-order valence-corrected chi connectivity index (χ4v) is 5.37. The Hall–Kier alpha value is -3.38. The van der Waals surface area contributed by atoms with Gasteiger partial charge in [-0.05, 0) is 19.2 Å². The van der Waals surface area contributed by atoms with Crippen molar-refractivity contribution in [3.8, 4) is 22.8 Å². The summed E-state index contributed by atoms with van der Waals surface area (Å²) in [5.41, 5.74) is 1.63. The van der Waals surface area contributed by atoms with E-state index < -0.39 is 0 Å². The van der Waals surface area contributed by atoms with Gasteiger partial charge in [0.05, 0.1) is 61.3 Å². The molecule has 3 N–H and O–H groups in total. The van der Waals surface area contributed by atoms with E-state index in [4.69, 9.17) is 47.4 Å². The summed E-state index contributed by atoms with van der Waals surface area (Å²) in [6.07, 6.45) is 2.94. The molecule has 0 unspecified atom stereocenters. The maximum atomic E-state index is 11.8. The number of anilines is 2. The molecule has 0 bridgehead atoms. The van der Waals surface area contributed by atoms with E-state index in [-0.39, 0.29) is 24.0 Å². The monoisotopic (exact) mass is 573 g/mol. The molecule has 13 heteroatoms. The van der Waals surface area contributed by atoms with Gasteiger partial charge in [-0.25, -0.2) is 15.0 Å². The van der Waals surface area contributed by atoms with Crippen LogP contribution in [0.4, 0.5) is 11.8 Å². The first kappa shape index (κ1) is 27.2. The molecule has 2 saturated heterocycles. The van der Waals surface area contributed by atoms with Crippen molar-refractivity contribution in [3.05, 3.63) is 41.0 Å². The molecule has 2 aromatic heterocycles. The van der Waals surface area contributed by atoms with Crippen molar-refractivity contribution in [2.24, 2.45) is 0 Å². The number of ether oxygens (including phenoxy) is 3. The van der Waals surface area contributed by atoms with E-state index in [1.807, 2.05) is 6.07 Å². The van der Waals surface area contributed by atoms with E-state index in [9.17, 15) is 4.79 Å². The number of hydrogen-bond donors (Lipinski definition) is 3. The Morgan fingerprint density at radius 3 is 2.44 bits per heavy atom. The molecule has 0 spiro atoms. The Kier molecular flexibility index (Phi) is 7.94. The van der Waals surface area contributed by atoms with Crippen LogP contribution >= 0.6 is 23.2 Å². The summed E-state index contributed by atoms with van der Waals surface area (Å²) < 4.78 is 16.5. The maximum absolute atomic E-state index is 11.8. The Morgan fingerprint density at radius 1 is 1.10 bits per heavy atom. The number of pyridine rings is 1. The number of rotatable bonds is 9. The smallest absolute Gasteiger partial charge is 0.243 e. The SMILES string of the molecule is C=CC(=O)N[C@H]1COC[C@H]1Nc1ncc2cc(-c3c(Cl)c(OC)cc(OC)c3Cl)nc(NC3CN(C)C3)c2n1. The molecule has 5 rings (SSSR count). The zero-order valence-corrected chi connectivity index (χ0v) is 23.3. The minimum absolute atomic E-state index is 0.194. The molecule has 3 aromatic rings. The first-order valence-electron chi connectivity index (χ1n) is 12.3. The standard InChI is InChI=1S/C26H29Cl2N7O4/c1-5-20(36)31-16-11-39-12-17(16)33-26-29-8-13-6-15(21-22(27)18(37-3)7-19(38-4)23(21)28)32-25(24(13)34-26)30-14-9-35(2)10-14/h5-8,14,16-17H,1,9-12H2,2-4H3,(H,30,32)(H,31,36)(H,29,33,34)/t16-,17+/m0/s1. The summed E-state index contributed by atoms with van der Waals surface area (Å²) in [5.74, 6) is 1.52. The number of likely N-dealkylation sites (N-methyl/N-ethyl adjacent to an activating group) is 1. The molecule has 206 valence electrons. The number of methoxy groups -OCH3 is 2. The third kappa shape index (κ3) is 5.53. The highest BCUT2D eigenvalue weighted by Crippen LogP contribution is 2.46. The molecule has 4 heterocycles. The quantitative estimate of drug-likeness (QED) is 0.329. The molecule has 2 aliphatic heterocycles. The van der Waals surface area contributed by atoms with Crippen molar-refractivity contribution in [2.45, 2.75) is 18.1 Å². The summed E-state index contributed by atoms with van der Waals surface area (Å²) in [5, 5.41) is 11.0. The van der Waals surface area contributed by atoms with Gasteiger partial charge in [-0.1, -0.05) is 29.8 Å². The van der Waals surface area contributed by atoms with Gasteiger partial charge >= 0.3 is 0 Å². The minimum Gasteiger partial charge on any atom is -0.495 e. The highest BCUT2D eigenvalue weighted by molar-refractivity contribution is 6.41. The summed E-state index contributed by atoms with van der Waals surface area (Å²) in [6, 6.07) is 3.20. The molecular formula is C26H29Cl2N7O4. The van der Waals surface area contributed by atoms with E-state index in [0.29, 0.717) is 63.3 Å². The van der Waals surface area contributed by atoms with Crippen LogP contribution in [0, 0.1) is 0 Å². The predicted molar refractivity (Wildman–Crippen MR) is 151 cm³/mol. The van der Waals surface area contributed by atoms with Crippen LogP contribution in [0.15, 0.2) is 31.0 Å². The lowest BCUT2D eigenvalue weighted by atomic mass is 10.1. The maximum Gasteiger partial charge on any atom is 0.243 e. The van der Waals surface area contributed by atoms with E-state index in [1.165, 1.54) is 20.3 Å². The number of halogens is 2. The van der Waals surface area contributed by atoms with Gasteiger partial charge < -0.3 is 35.1 Å². The van der Waals surface area contributed by atoms with Gasteiger partial charge in [-0.15, -0.1) is 0 Å². The molecule has 2 fully saturated rings. The van der Waals surface area contributed by atoms with Gasteiger partial charge in [-0.3, -0.25) is 4.79 Å². The number of likely N-dealkylation sites (tertiary alicyclic amines) is 1. The van der Waals surface area contributed by atoms with Crippen LogP contribution in [0.1, 0.15) is 0 Å². The number of aromatic nitrogens is 3. The van der Waals surface area contributed by atoms with Crippen LogP contribution in [0.5, 0.6) is 11.5 Å². The van der Waals surface area contributed by atoms with Crippen LogP contribution in [0.2, 0.25) is 10.0 Å². The van der Waals surface area contributed by atoms with Crippen LogP contribution in [-0.4, -0.2) is 91.5 Å². The highest BCUT2D eigenvalue weighted by atomic mass is 35.5. The molecule has 2 aliphatic rings. The van der Waals surface area contributed by atoms with Crippen molar-refractivity contribution >= 4 is 51.8 Å². The molecular weight excluding hydrogens is 545 g/mol. The van der Waals surface area contributed by atoms with Crippen LogP contribution in [-0.2, 0) is 9.53 Å². The number of carbonyl (C=O) groups excluding carboxylic acids is 1. The largest absolute Gasteiger partial charge is 0.495 e. The first-order chi connectivity index (χ1) is 18.8. The molecule has 1 amide bonds. The number of nitrogens with zero attached hydrogens (tertiary/aromatic N) is 4. The second-order valence-electron chi connectivity index (χ2n) is 9.44. The van der Waals surface area contributed by atoms with Crippen molar-refractivity contribution in [1.29, 1.82) is 0 Å². The number of hydrogen-bond acceptors (Lipinski definition) is 10. The molecule has 1 aromatic carbocycles. The van der Waals surface area contributed by atoms with E-state index >= 15 is 0 Å². The van der Waals surface area contributed by atoms with Crippen molar-refractivity contribution in [3.63, 3.8) is 0 Å². The van der Waals surface area contributed by atoms with Gasteiger partial charge in [0.2, 0.25) is 11.9 Å². The minimum atomic E-state index is -0.267. The summed E-state index contributed by atoms with van der Waals surface area (Å²) in [6.45, 7) is 6.01. The second kappa shape index (κ2) is 11.4. The third-order valence-corrected chi connectivity index (χ3v) is 7.46. The van der Waals surface area contributed by atoms with Crippen LogP contribution in [0.3, 0.4) is 0 Å². The molecule has 39 heavy (non-hydrogen) atoms. The number of fused-ring (bicyclic) bond motifs is 1. The van der Waals surface area contributed by atoms with E-state index in [1.54, 1.807) is 12.3 Å². The average molecular weight is 574 g/mol. The number of benzene rings is 1. The molecule has 11 nitrogen and oxygen atoms in total. The van der Waals surface area contributed by atoms with E-state index in [2.05, 4.69) is 39.5 Å². The number of amides is 1. The van der Waals surface area contributed by atoms with Gasteiger partial charge in [0.25, 0.3) is 0 Å². The topological polar surface area (TPSA) is 123 Å². The van der Waals surface area contributed by atoms with Crippen LogP contribution in [0.25, 0.3) is 22.2 Å². The summed E-state index contributed by atoms with van der Waals surface area (Å²) in [7, 11) is 5.10. The lowest BCUT2D eigenvalue weighted by Gasteiger charge is -2.37. The lowest BCUT2D eigenvalue weighted by Crippen LogP contribution is -2.52. The number of nitrogens with one attached hydrogen (secondary N) is 3. The normalized spacial score (nSPS) is 19.4. The average Bonchev–Trinajstić information content (AvgIpc) is 3.34. The Balaban J connectivity index is 1.55. The van der Waals surface area contributed by atoms with Gasteiger partial charge in [0.15, 0.2) is 5.82 Å². The third-order valence-electron chi connectivity index (χ3n) is 6.71. The van der Waals surface area contributed by atoms with Crippen molar-refractivity contribution in [1.82, 2.24) is 25.2 Å². The predicted octanol–water partition coefficient (Wildman–Crippen LogP) is 3.22. The van der Waals surface area contributed by atoms with Gasteiger partial charge in [0, 0.05) is 36.3 Å². The van der Waals surface area contributed by atoms with E-state index in [0.717, 1.165) is 18.5 Å². The Labute approximate surface area is 235 Å². The fraction of sp³-hybridized carbons (Fsp3) is 0.385. The molecule has 0 saturated carbocycles. The zero-order valence-electron chi connectivity index (χ0n) is 21.8. The first-order valence-corrected chi connectivity index (χ1v) is 13.1.